The highest BCUT2D eigenvalue weighted by atomic mass is 16.7. The second-order valence-electron chi connectivity index (χ2n) is 3.19. The van der Waals surface area contributed by atoms with E-state index in [-0.39, 0.29) is 5.78 Å². The zero-order valence-electron chi connectivity index (χ0n) is 10.0. The van der Waals surface area contributed by atoms with Crippen LogP contribution in [0.3, 0.4) is 0 Å². The van der Waals surface area contributed by atoms with E-state index in [1.165, 1.54) is 6.08 Å². The van der Waals surface area contributed by atoms with Crippen molar-refractivity contribution >= 4 is 5.78 Å². The van der Waals surface area contributed by atoms with Gasteiger partial charge in [0.2, 0.25) is 5.78 Å². The third-order valence-corrected chi connectivity index (χ3v) is 2.28. The lowest BCUT2D eigenvalue weighted by Gasteiger charge is -2.40. The van der Waals surface area contributed by atoms with Crippen molar-refractivity contribution < 1.29 is 19.0 Å². The van der Waals surface area contributed by atoms with Crippen molar-refractivity contribution in [1.29, 1.82) is 0 Å². The molecule has 0 saturated heterocycles. The van der Waals surface area contributed by atoms with Crippen molar-refractivity contribution in [2.24, 2.45) is 0 Å². The maximum Gasteiger partial charge on any atom is 0.294 e. The van der Waals surface area contributed by atoms with Gasteiger partial charge in [-0.3, -0.25) is 4.79 Å². The van der Waals surface area contributed by atoms with Crippen LogP contribution < -0.4 is 0 Å². The molecule has 4 nitrogen and oxygen atoms in total. The number of carbonyl (C=O) groups excluding carboxylic acids is 1. The third kappa shape index (κ3) is 1.79. The van der Waals surface area contributed by atoms with Crippen LogP contribution >= 0.6 is 0 Å². The lowest BCUT2D eigenvalue weighted by molar-refractivity contribution is -0.230. The molecule has 0 aromatic carbocycles. The minimum atomic E-state index is -1.33. The van der Waals surface area contributed by atoms with Gasteiger partial charge in [-0.05, 0) is 20.8 Å². The van der Waals surface area contributed by atoms with Gasteiger partial charge in [-0.15, -0.1) is 0 Å². The lowest BCUT2D eigenvalue weighted by atomic mass is 9.86. The zero-order chi connectivity index (χ0) is 12.2. The molecule has 0 radical (unpaired) electrons. The van der Waals surface area contributed by atoms with E-state index in [9.17, 15) is 4.79 Å². The Morgan fingerprint density at radius 3 is 2.12 bits per heavy atom. The van der Waals surface area contributed by atoms with E-state index in [0.717, 1.165) is 0 Å². The molecule has 0 unspecified atom stereocenters. The van der Waals surface area contributed by atoms with Crippen LogP contribution in [0.15, 0.2) is 24.0 Å². The SMILES string of the molecule is C=CC1=C(OCC)C(OCC)(OCC)C1=O. The van der Waals surface area contributed by atoms with Gasteiger partial charge in [0.1, 0.15) is 0 Å². The summed E-state index contributed by atoms with van der Waals surface area (Å²) in [4.78, 5) is 11.9. The van der Waals surface area contributed by atoms with E-state index in [0.29, 0.717) is 31.2 Å². The summed E-state index contributed by atoms with van der Waals surface area (Å²) in [6, 6.07) is 0. The second-order valence-corrected chi connectivity index (χ2v) is 3.19. The monoisotopic (exact) mass is 226 g/mol. The molecule has 0 atom stereocenters. The number of carbonyl (C=O) groups is 1. The van der Waals surface area contributed by atoms with Crippen LogP contribution in [0.5, 0.6) is 0 Å². The van der Waals surface area contributed by atoms with Crippen LogP contribution in [0.25, 0.3) is 0 Å². The quantitative estimate of drug-likeness (QED) is 0.621. The maximum absolute atomic E-state index is 11.9. The van der Waals surface area contributed by atoms with Crippen LogP contribution in [-0.2, 0) is 19.0 Å². The molecule has 0 saturated carbocycles. The van der Waals surface area contributed by atoms with Gasteiger partial charge < -0.3 is 14.2 Å². The molecular weight excluding hydrogens is 208 g/mol. The van der Waals surface area contributed by atoms with Gasteiger partial charge in [0.25, 0.3) is 5.79 Å². The van der Waals surface area contributed by atoms with Crippen LogP contribution in [0, 0.1) is 0 Å². The van der Waals surface area contributed by atoms with Crippen molar-refractivity contribution in [1.82, 2.24) is 0 Å². The van der Waals surface area contributed by atoms with Gasteiger partial charge >= 0.3 is 0 Å². The van der Waals surface area contributed by atoms with Crippen LogP contribution in [0.1, 0.15) is 20.8 Å². The molecule has 0 spiro atoms. The van der Waals surface area contributed by atoms with Crippen molar-refractivity contribution in [3.8, 4) is 0 Å². The standard InChI is InChI=1S/C12H18O4/c1-5-9-10(13)12(15-7-3,16-8-4)11(9)14-6-2/h5H,1,6-8H2,2-4H3. The second kappa shape index (κ2) is 5.27. The third-order valence-electron chi connectivity index (χ3n) is 2.28. The van der Waals surface area contributed by atoms with E-state index in [1.807, 2.05) is 20.8 Å². The first-order valence-electron chi connectivity index (χ1n) is 5.50. The van der Waals surface area contributed by atoms with Crippen molar-refractivity contribution in [3.05, 3.63) is 24.0 Å². The molecular formula is C12H18O4. The molecule has 0 heterocycles. The Kier molecular flexibility index (Phi) is 4.26. The Hall–Kier alpha value is -1.13. The van der Waals surface area contributed by atoms with E-state index in [2.05, 4.69) is 6.58 Å². The molecule has 0 aromatic heterocycles. The number of rotatable bonds is 7. The fraction of sp³-hybridized carbons (Fsp3) is 0.583. The first kappa shape index (κ1) is 12.9. The topological polar surface area (TPSA) is 44.8 Å². The molecule has 4 heteroatoms. The molecule has 0 amide bonds. The minimum absolute atomic E-state index is 0.213. The summed E-state index contributed by atoms with van der Waals surface area (Å²) in [6.45, 7) is 10.3. The van der Waals surface area contributed by atoms with Crippen LogP contribution in [-0.4, -0.2) is 31.4 Å². The molecule has 1 aliphatic carbocycles. The Morgan fingerprint density at radius 1 is 1.19 bits per heavy atom. The van der Waals surface area contributed by atoms with Gasteiger partial charge in [0.05, 0.1) is 12.2 Å². The van der Waals surface area contributed by atoms with Gasteiger partial charge in [-0.25, -0.2) is 0 Å². The highest BCUT2D eigenvalue weighted by Crippen LogP contribution is 2.40. The normalized spacial score (nSPS) is 18.3. The Balaban J connectivity index is 3.05. The maximum atomic E-state index is 11.9. The number of hydrogen-bond donors (Lipinski definition) is 0. The average Bonchev–Trinajstić information content (AvgIpc) is 2.28. The molecule has 1 rings (SSSR count). The fourth-order valence-corrected chi connectivity index (χ4v) is 1.71. The van der Waals surface area contributed by atoms with E-state index in [1.54, 1.807) is 0 Å². The van der Waals surface area contributed by atoms with Crippen LogP contribution in [0.4, 0.5) is 0 Å². The van der Waals surface area contributed by atoms with E-state index in [4.69, 9.17) is 14.2 Å². The number of allylic oxidation sites excluding steroid dienone is 1. The lowest BCUT2D eigenvalue weighted by Crippen LogP contribution is -2.55. The van der Waals surface area contributed by atoms with Crippen molar-refractivity contribution in [3.63, 3.8) is 0 Å². The fourth-order valence-electron chi connectivity index (χ4n) is 1.71. The van der Waals surface area contributed by atoms with Gasteiger partial charge in [-0.1, -0.05) is 12.7 Å². The summed E-state index contributed by atoms with van der Waals surface area (Å²) < 4.78 is 16.2. The molecule has 1 aliphatic rings. The number of ether oxygens (including phenoxy) is 3. The van der Waals surface area contributed by atoms with E-state index >= 15 is 0 Å². The molecule has 0 bridgehead atoms. The highest BCUT2D eigenvalue weighted by Gasteiger charge is 2.57. The summed E-state index contributed by atoms with van der Waals surface area (Å²) >= 11 is 0. The Bertz CT molecular complexity index is 311. The first-order valence-corrected chi connectivity index (χ1v) is 5.50. The Labute approximate surface area is 95.9 Å². The molecule has 0 aromatic rings. The van der Waals surface area contributed by atoms with Crippen molar-refractivity contribution in [2.75, 3.05) is 19.8 Å². The number of hydrogen-bond acceptors (Lipinski definition) is 4. The van der Waals surface area contributed by atoms with Gasteiger partial charge in [0, 0.05) is 13.2 Å². The minimum Gasteiger partial charge on any atom is -0.491 e. The number of Topliss-reactive ketones (excluding diaryl/α,β-unsaturated/α-hetero) is 1. The predicted octanol–water partition coefficient (Wildman–Crippen LogP) is 1.81. The predicted molar refractivity (Wildman–Crippen MR) is 59.8 cm³/mol. The zero-order valence-corrected chi connectivity index (χ0v) is 10.0. The molecule has 0 aliphatic heterocycles. The summed E-state index contributed by atoms with van der Waals surface area (Å²) in [6.07, 6.45) is 1.48. The summed E-state index contributed by atoms with van der Waals surface area (Å²) in [5.41, 5.74) is 0.448. The largest absolute Gasteiger partial charge is 0.491 e. The van der Waals surface area contributed by atoms with E-state index < -0.39 is 5.79 Å². The highest BCUT2D eigenvalue weighted by molar-refractivity contribution is 6.12. The van der Waals surface area contributed by atoms with Crippen LogP contribution in [0.2, 0.25) is 0 Å². The molecule has 0 fully saturated rings. The molecule has 16 heavy (non-hydrogen) atoms. The van der Waals surface area contributed by atoms with Crippen molar-refractivity contribution in [2.45, 2.75) is 26.6 Å². The molecule has 90 valence electrons. The summed E-state index contributed by atoms with van der Waals surface area (Å²) in [7, 11) is 0. The van der Waals surface area contributed by atoms with Gasteiger partial charge in [0.15, 0.2) is 5.76 Å². The first-order chi connectivity index (χ1) is 7.67. The van der Waals surface area contributed by atoms with Gasteiger partial charge in [-0.2, -0.15) is 0 Å². The summed E-state index contributed by atoms with van der Waals surface area (Å²) in [5.74, 6) is -1.10. The summed E-state index contributed by atoms with van der Waals surface area (Å²) in [5, 5.41) is 0. The number of ketones is 1. The molecule has 0 N–H and O–H groups in total. The average molecular weight is 226 g/mol. The smallest absolute Gasteiger partial charge is 0.294 e. The Morgan fingerprint density at radius 2 is 1.75 bits per heavy atom.